The van der Waals surface area contributed by atoms with Gasteiger partial charge in [0.1, 0.15) is 11.9 Å². The summed E-state index contributed by atoms with van der Waals surface area (Å²) in [5.41, 5.74) is 2.82. The number of aliphatic hydroxyl groups is 1. The van der Waals surface area contributed by atoms with Crippen LogP contribution in [0.4, 0.5) is 0 Å². The van der Waals surface area contributed by atoms with Gasteiger partial charge in [0.2, 0.25) is 0 Å². The second-order valence-corrected chi connectivity index (χ2v) is 6.60. The van der Waals surface area contributed by atoms with E-state index in [4.69, 9.17) is 16.3 Å². The number of halogens is 1. The first-order chi connectivity index (χ1) is 9.82. The summed E-state index contributed by atoms with van der Waals surface area (Å²) in [6, 6.07) is 13.3. The first kappa shape index (κ1) is 15.9. The van der Waals surface area contributed by atoms with Crippen molar-refractivity contribution in [2.24, 2.45) is 0 Å². The molecule has 0 aliphatic rings. The third-order valence-corrected chi connectivity index (χ3v) is 3.81. The third kappa shape index (κ3) is 3.58. The number of benzene rings is 2. The fourth-order valence-corrected chi connectivity index (χ4v) is 2.44. The van der Waals surface area contributed by atoms with Crippen LogP contribution in [0.5, 0.6) is 5.75 Å². The molecular formula is C18H21ClO2. The molecule has 0 fully saturated rings. The van der Waals surface area contributed by atoms with Gasteiger partial charge in [-0.3, -0.25) is 0 Å². The summed E-state index contributed by atoms with van der Waals surface area (Å²) in [4.78, 5) is 0. The fraction of sp³-hybridized carbons (Fsp3) is 0.333. The summed E-state index contributed by atoms with van der Waals surface area (Å²) in [5, 5.41) is 11.2. The normalized spacial score (nSPS) is 13.0. The molecule has 1 N–H and O–H groups in total. The van der Waals surface area contributed by atoms with Gasteiger partial charge in [-0.15, -0.1) is 0 Å². The topological polar surface area (TPSA) is 29.5 Å². The summed E-state index contributed by atoms with van der Waals surface area (Å²) in [6.45, 7) is 6.50. The zero-order chi connectivity index (χ0) is 15.6. The maximum Gasteiger partial charge on any atom is 0.125 e. The summed E-state index contributed by atoms with van der Waals surface area (Å²) in [6.07, 6.45) is -0.757. The van der Waals surface area contributed by atoms with Gasteiger partial charge >= 0.3 is 0 Å². The smallest absolute Gasteiger partial charge is 0.125 e. The van der Waals surface area contributed by atoms with E-state index in [0.717, 1.165) is 5.56 Å². The molecule has 0 spiro atoms. The van der Waals surface area contributed by atoms with Crippen molar-refractivity contribution in [2.45, 2.75) is 32.3 Å². The zero-order valence-corrected chi connectivity index (χ0v) is 13.6. The molecule has 112 valence electrons. The molecule has 3 heteroatoms. The van der Waals surface area contributed by atoms with Crippen molar-refractivity contribution in [1.29, 1.82) is 0 Å². The van der Waals surface area contributed by atoms with Crippen LogP contribution in [0.1, 0.15) is 43.6 Å². The molecule has 2 aromatic rings. The lowest BCUT2D eigenvalue weighted by molar-refractivity contribution is 0.214. The highest BCUT2D eigenvalue weighted by molar-refractivity contribution is 6.30. The van der Waals surface area contributed by atoms with Crippen LogP contribution < -0.4 is 4.74 Å². The second kappa shape index (κ2) is 6.08. The maximum absolute atomic E-state index is 10.6. The van der Waals surface area contributed by atoms with Gasteiger partial charge in [0.15, 0.2) is 0 Å². The van der Waals surface area contributed by atoms with Crippen molar-refractivity contribution in [3.8, 4) is 5.75 Å². The Morgan fingerprint density at radius 1 is 1.05 bits per heavy atom. The highest BCUT2D eigenvalue weighted by atomic mass is 35.5. The van der Waals surface area contributed by atoms with E-state index >= 15 is 0 Å². The molecule has 0 amide bonds. The van der Waals surface area contributed by atoms with Crippen molar-refractivity contribution in [3.63, 3.8) is 0 Å². The minimum atomic E-state index is -0.757. The predicted octanol–water partition coefficient (Wildman–Crippen LogP) is 4.73. The van der Waals surface area contributed by atoms with E-state index in [-0.39, 0.29) is 5.41 Å². The number of hydrogen-bond acceptors (Lipinski definition) is 2. The molecule has 0 bridgehead atoms. The molecule has 2 aromatic carbocycles. The van der Waals surface area contributed by atoms with Crippen molar-refractivity contribution >= 4 is 11.6 Å². The van der Waals surface area contributed by atoms with Crippen molar-refractivity contribution < 1.29 is 9.84 Å². The Morgan fingerprint density at radius 2 is 1.67 bits per heavy atom. The first-order valence-electron chi connectivity index (χ1n) is 6.95. The highest BCUT2D eigenvalue weighted by Crippen LogP contribution is 2.33. The zero-order valence-electron chi connectivity index (χ0n) is 12.9. The van der Waals surface area contributed by atoms with Gasteiger partial charge in [-0.05, 0) is 34.7 Å². The Kier molecular flexibility index (Phi) is 4.60. The molecule has 1 atom stereocenters. The molecule has 0 aromatic heterocycles. The molecule has 0 radical (unpaired) electrons. The Morgan fingerprint density at radius 3 is 2.19 bits per heavy atom. The van der Waals surface area contributed by atoms with Crippen molar-refractivity contribution in [1.82, 2.24) is 0 Å². The predicted molar refractivity (Wildman–Crippen MR) is 87.2 cm³/mol. The van der Waals surface area contributed by atoms with E-state index in [2.05, 4.69) is 32.9 Å². The minimum absolute atomic E-state index is 0.0945. The average molecular weight is 305 g/mol. The molecule has 2 nitrogen and oxygen atoms in total. The molecule has 0 saturated heterocycles. The van der Waals surface area contributed by atoms with Crippen LogP contribution in [0.2, 0.25) is 5.02 Å². The number of hydrogen-bond donors (Lipinski definition) is 1. The summed E-state index contributed by atoms with van der Waals surface area (Å²) >= 11 is 6.02. The van der Waals surface area contributed by atoms with Crippen LogP contribution in [0, 0.1) is 0 Å². The highest BCUT2D eigenvalue weighted by Gasteiger charge is 2.18. The molecule has 1 unspecified atom stereocenters. The van der Waals surface area contributed by atoms with E-state index in [1.54, 1.807) is 25.3 Å². The number of methoxy groups -OCH3 is 1. The lowest BCUT2D eigenvalue weighted by Crippen LogP contribution is -2.11. The van der Waals surface area contributed by atoms with E-state index in [0.29, 0.717) is 16.3 Å². The maximum atomic E-state index is 10.6. The Hall–Kier alpha value is -1.51. The first-order valence-corrected chi connectivity index (χ1v) is 7.32. The Labute approximate surface area is 131 Å². The van der Waals surface area contributed by atoms with Crippen LogP contribution in [0.15, 0.2) is 42.5 Å². The lowest BCUT2D eigenvalue weighted by atomic mass is 9.86. The quantitative estimate of drug-likeness (QED) is 0.888. The number of rotatable bonds is 3. The van der Waals surface area contributed by atoms with Gasteiger partial charge in [-0.1, -0.05) is 56.6 Å². The van der Waals surface area contributed by atoms with Crippen LogP contribution in [0.3, 0.4) is 0 Å². The van der Waals surface area contributed by atoms with Crippen molar-refractivity contribution in [3.05, 3.63) is 64.2 Å². The average Bonchev–Trinajstić information content (AvgIpc) is 2.45. The van der Waals surface area contributed by atoms with Gasteiger partial charge in [0.25, 0.3) is 0 Å². The Bertz CT molecular complexity index is 612. The fourth-order valence-electron chi connectivity index (χ4n) is 2.26. The number of aliphatic hydroxyl groups excluding tert-OH is 1. The third-order valence-electron chi connectivity index (χ3n) is 3.58. The minimum Gasteiger partial charge on any atom is -0.496 e. The van der Waals surface area contributed by atoms with Crippen LogP contribution >= 0.6 is 11.6 Å². The molecule has 21 heavy (non-hydrogen) atoms. The van der Waals surface area contributed by atoms with Crippen LogP contribution in [-0.4, -0.2) is 12.2 Å². The van der Waals surface area contributed by atoms with E-state index in [9.17, 15) is 5.11 Å². The SMILES string of the molecule is COc1ccc(Cl)cc1C(O)c1ccc(C(C)(C)C)cc1. The molecule has 0 aliphatic heterocycles. The summed E-state index contributed by atoms with van der Waals surface area (Å²) < 4.78 is 5.30. The van der Waals surface area contributed by atoms with Gasteiger partial charge < -0.3 is 9.84 Å². The molecule has 0 heterocycles. The monoisotopic (exact) mass is 304 g/mol. The lowest BCUT2D eigenvalue weighted by Gasteiger charge is -2.20. The summed E-state index contributed by atoms with van der Waals surface area (Å²) in [5.74, 6) is 0.631. The van der Waals surface area contributed by atoms with E-state index in [1.807, 2.05) is 12.1 Å². The molecule has 0 aliphatic carbocycles. The second-order valence-electron chi connectivity index (χ2n) is 6.16. The van der Waals surface area contributed by atoms with Crippen LogP contribution in [-0.2, 0) is 5.41 Å². The van der Waals surface area contributed by atoms with E-state index < -0.39 is 6.10 Å². The van der Waals surface area contributed by atoms with Gasteiger partial charge in [0.05, 0.1) is 7.11 Å². The summed E-state index contributed by atoms with van der Waals surface area (Å²) in [7, 11) is 1.59. The largest absolute Gasteiger partial charge is 0.496 e. The van der Waals surface area contributed by atoms with Gasteiger partial charge in [-0.25, -0.2) is 0 Å². The number of ether oxygens (including phenoxy) is 1. The standard InChI is InChI=1S/C18H21ClO2/c1-18(2,3)13-7-5-12(6-8-13)17(20)15-11-14(19)9-10-16(15)21-4/h5-11,17,20H,1-4H3. The van der Waals surface area contributed by atoms with Gasteiger partial charge in [0, 0.05) is 10.6 Å². The molecular weight excluding hydrogens is 284 g/mol. The molecule has 0 saturated carbocycles. The van der Waals surface area contributed by atoms with Crippen molar-refractivity contribution in [2.75, 3.05) is 7.11 Å². The van der Waals surface area contributed by atoms with E-state index in [1.165, 1.54) is 5.56 Å². The van der Waals surface area contributed by atoms with Gasteiger partial charge in [-0.2, -0.15) is 0 Å². The van der Waals surface area contributed by atoms with Crippen LogP contribution in [0.25, 0.3) is 0 Å². The Balaban J connectivity index is 2.36. The molecule has 2 rings (SSSR count).